The van der Waals surface area contributed by atoms with Gasteiger partial charge >= 0.3 is 0 Å². The number of carbonyl (C=O) groups excluding carboxylic acids is 1. The maximum atomic E-state index is 12.8. The molecule has 5 rings (SSSR count). The van der Waals surface area contributed by atoms with Crippen molar-refractivity contribution in [3.05, 3.63) is 87.7 Å². The van der Waals surface area contributed by atoms with Crippen molar-refractivity contribution < 1.29 is 4.79 Å². The molecule has 2 aromatic carbocycles. The molecule has 0 unspecified atom stereocenters. The Bertz CT molecular complexity index is 1250. The van der Waals surface area contributed by atoms with Gasteiger partial charge in [-0.1, -0.05) is 65.3 Å². The van der Waals surface area contributed by atoms with Crippen LogP contribution in [-0.2, 0) is 12.2 Å². The van der Waals surface area contributed by atoms with Gasteiger partial charge in [0.2, 0.25) is 5.16 Å². The Hall–Kier alpha value is -2.70. The first-order valence-corrected chi connectivity index (χ1v) is 11.1. The van der Waals surface area contributed by atoms with Crippen molar-refractivity contribution in [2.45, 2.75) is 36.6 Å². The van der Waals surface area contributed by atoms with Crippen molar-refractivity contribution in [1.29, 1.82) is 0 Å². The van der Waals surface area contributed by atoms with Gasteiger partial charge in [0.1, 0.15) is 0 Å². The molecule has 0 N–H and O–H groups in total. The summed E-state index contributed by atoms with van der Waals surface area (Å²) in [5.41, 5.74) is 5.01. The average molecular weight is 435 g/mol. The number of ketones is 1. The van der Waals surface area contributed by atoms with Gasteiger partial charge in [0.25, 0.3) is 5.78 Å². The Balaban J connectivity index is 1.40. The molecule has 1 aliphatic carbocycles. The van der Waals surface area contributed by atoms with Crippen molar-refractivity contribution in [1.82, 2.24) is 19.6 Å². The molecule has 4 aromatic rings. The first-order valence-electron chi connectivity index (χ1n) is 9.78. The van der Waals surface area contributed by atoms with E-state index in [9.17, 15) is 4.79 Å². The molecule has 150 valence electrons. The fourth-order valence-corrected chi connectivity index (χ4v) is 4.74. The third-order valence-electron chi connectivity index (χ3n) is 5.35. The van der Waals surface area contributed by atoms with E-state index in [2.05, 4.69) is 46.3 Å². The number of aryl methyl sites for hydroxylation is 1. The molecule has 0 spiro atoms. The number of aromatic nitrogens is 4. The molecule has 0 aliphatic heterocycles. The highest BCUT2D eigenvalue weighted by atomic mass is 35.5. The number of Topliss-reactive ketones (excluding diaryl/α,β-unsaturated/α-hetero) is 1. The molecule has 0 fully saturated rings. The van der Waals surface area contributed by atoms with Gasteiger partial charge in [-0.25, -0.2) is 9.50 Å². The summed E-state index contributed by atoms with van der Waals surface area (Å²) in [4.78, 5) is 22.0. The van der Waals surface area contributed by atoms with Crippen molar-refractivity contribution in [3.63, 3.8) is 0 Å². The molecule has 5 nitrogen and oxygen atoms in total. The second-order valence-electron chi connectivity index (χ2n) is 7.60. The van der Waals surface area contributed by atoms with Gasteiger partial charge in [0.15, 0.2) is 5.78 Å². The predicted octanol–water partition coefficient (Wildman–Crippen LogP) is 5.29. The highest BCUT2D eigenvalue weighted by Gasteiger charge is 2.28. The third-order valence-corrected chi connectivity index (χ3v) is 6.52. The highest BCUT2D eigenvalue weighted by Crippen LogP contribution is 2.32. The van der Waals surface area contributed by atoms with Crippen LogP contribution in [0.15, 0.2) is 59.9 Å². The number of thioether (sulfide) groups is 1. The van der Waals surface area contributed by atoms with Crippen LogP contribution in [0.25, 0.3) is 5.78 Å². The minimum atomic E-state index is 0.0927. The lowest BCUT2D eigenvalue weighted by Crippen LogP contribution is -2.21. The Morgan fingerprint density at radius 2 is 1.97 bits per heavy atom. The van der Waals surface area contributed by atoms with Gasteiger partial charge in [0.05, 0.1) is 11.3 Å². The number of halogens is 1. The fourth-order valence-electron chi connectivity index (χ4n) is 3.85. The number of carbonyl (C=O) groups is 1. The van der Waals surface area contributed by atoms with Crippen LogP contribution in [-0.4, -0.2) is 25.4 Å². The topological polar surface area (TPSA) is 60.1 Å². The van der Waals surface area contributed by atoms with Crippen molar-refractivity contribution in [2.24, 2.45) is 0 Å². The number of benzene rings is 2. The van der Waals surface area contributed by atoms with Crippen LogP contribution < -0.4 is 0 Å². The number of fused-ring (bicyclic) bond motifs is 2. The number of hydrogen-bond donors (Lipinski definition) is 0. The Kier molecular flexibility index (Phi) is 5.05. The van der Waals surface area contributed by atoms with Crippen LogP contribution in [0.5, 0.6) is 0 Å². The Morgan fingerprint density at radius 1 is 1.13 bits per heavy atom. The zero-order valence-electron chi connectivity index (χ0n) is 16.4. The second kappa shape index (κ2) is 7.85. The van der Waals surface area contributed by atoms with Crippen LogP contribution in [0.1, 0.15) is 45.1 Å². The van der Waals surface area contributed by atoms with Crippen LogP contribution in [0.3, 0.4) is 0 Å². The van der Waals surface area contributed by atoms with Crippen LogP contribution >= 0.6 is 23.4 Å². The SMILES string of the molecule is Cc1cccc(CSc2nc3nc4c(cn3n2)C(=O)C[C@@H](c2ccc(Cl)cc2)C4)c1. The van der Waals surface area contributed by atoms with Gasteiger partial charge in [-0.2, -0.15) is 4.98 Å². The first-order chi connectivity index (χ1) is 14.5. The van der Waals surface area contributed by atoms with Gasteiger partial charge in [-0.05, 0) is 42.5 Å². The summed E-state index contributed by atoms with van der Waals surface area (Å²) in [6, 6.07) is 16.1. The van der Waals surface area contributed by atoms with Crippen LogP contribution in [0.2, 0.25) is 5.02 Å². The molecule has 1 aliphatic rings. The van der Waals surface area contributed by atoms with E-state index in [4.69, 9.17) is 11.6 Å². The summed E-state index contributed by atoms with van der Waals surface area (Å²) in [5, 5.41) is 5.87. The average Bonchev–Trinajstić information content (AvgIpc) is 3.13. The highest BCUT2D eigenvalue weighted by molar-refractivity contribution is 7.98. The van der Waals surface area contributed by atoms with Crippen LogP contribution in [0, 0.1) is 6.92 Å². The third kappa shape index (κ3) is 3.85. The molecule has 2 heterocycles. The van der Waals surface area contributed by atoms with Gasteiger partial charge in [-0.3, -0.25) is 4.79 Å². The molecule has 7 heteroatoms. The molecule has 2 aromatic heterocycles. The zero-order chi connectivity index (χ0) is 20.7. The number of rotatable bonds is 4. The maximum absolute atomic E-state index is 12.8. The Labute approximate surface area is 183 Å². The van der Waals surface area contributed by atoms with E-state index in [-0.39, 0.29) is 11.7 Å². The van der Waals surface area contributed by atoms with Gasteiger partial charge in [0, 0.05) is 23.4 Å². The zero-order valence-corrected chi connectivity index (χ0v) is 18.0. The molecule has 0 saturated heterocycles. The van der Waals surface area contributed by atoms with E-state index in [0.717, 1.165) is 17.0 Å². The number of hydrogen-bond acceptors (Lipinski definition) is 5. The molecule has 0 amide bonds. The van der Waals surface area contributed by atoms with Crippen molar-refractivity contribution in [2.75, 3.05) is 0 Å². The maximum Gasteiger partial charge on any atom is 0.253 e. The first kappa shape index (κ1) is 19.3. The van der Waals surface area contributed by atoms with E-state index in [1.165, 1.54) is 11.1 Å². The monoisotopic (exact) mass is 434 g/mol. The molecular formula is C23H19ClN4OS. The van der Waals surface area contributed by atoms with E-state index in [1.54, 1.807) is 22.5 Å². The van der Waals surface area contributed by atoms with Crippen molar-refractivity contribution >= 4 is 34.9 Å². The lowest BCUT2D eigenvalue weighted by Gasteiger charge is -2.23. The summed E-state index contributed by atoms with van der Waals surface area (Å²) in [6.07, 6.45) is 2.95. The molecule has 0 bridgehead atoms. The fraction of sp³-hybridized carbons (Fsp3) is 0.217. The summed E-state index contributed by atoms with van der Waals surface area (Å²) < 4.78 is 1.62. The second-order valence-corrected chi connectivity index (χ2v) is 8.98. The number of nitrogens with zero attached hydrogens (tertiary/aromatic N) is 4. The van der Waals surface area contributed by atoms with E-state index >= 15 is 0 Å². The van der Waals surface area contributed by atoms with Crippen molar-refractivity contribution in [3.8, 4) is 0 Å². The van der Waals surface area contributed by atoms with E-state index in [1.807, 2.05) is 24.3 Å². The lowest BCUT2D eigenvalue weighted by atomic mass is 9.82. The predicted molar refractivity (Wildman–Crippen MR) is 118 cm³/mol. The molecule has 0 saturated carbocycles. The Morgan fingerprint density at radius 3 is 2.77 bits per heavy atom. The lowest BCUT2D eigenvalue weighted by molar-refractivity contribution is 0.0962. The molecule has 1 atom stereocenters. The van der Waals surface area contributed by atoms with Gasteiger partial charge in [-0.15, -0.1) is 5.10 Å². The van der Waals surface area contributed by atoms with E-state index < -0.39 is 0 Å². The largest absolute Gasteiger partial charge is 0.294 e. The minimum absolute atomic E-state index is 0.0927. The summed E-state index contributed by atoms with van der Waals surface area (Å²) in [7, 11) is 0. The normalized spacial score (nSPS) is 16.1. The summed E-state index contributed by atoms with van der Waals surface area (Å²) in [6.45, 7) is 2.08. The minimum Gasteiger partial charge on any atom is -0.294 e. The summed E-state index contributed by atoms with van der Waals surface area (Å²) in [5.74, 6) is 1.52. The van der Waals surface area contributed by atoms with Gasteiger partial charge < -0.3 is 0 Å². The molecule has 30 heavy (non-hydrogen) atoms. The standard InChI is InChI=1S/C23H19ClN4OS/c1-14-3-2-4-15(9-14)13-30-23-26-22-25-20-10-17(16-5-7-18(24)8-6-16)11-21(29)19(20)12-28(22)27-23/h2-9,12,17H,10-11,13H2,1H3/t17-/m0/s1. The van der Waals surface area contributed by atoms with E-state index in [0.29, 0.717) is 34.4 Å². The summed E-state index contributed by atoms with van der Waals surface area (Å²) >= 11 is 7.57. The smallest absolute Gasteiger partial charge is 0.253 e. The van der Waals surface area contributed by atoms with Crippen LogP contribution in [0.4, 0.5) is 0 Å². The quantitative estimate of drug-likeness (QED) is 0.408. The molecule has 0 radical (unpaired) electrons. The molecular weight excluding hydrogens is 416 g/mol.